The van der Waals surface area contributed by atoms with E-state index in [0.717, 1.165) is 16.8 Å². The first-order valence-corrected chi connectivity index (χ1v) is 7.53. The number of aryl methyl sites for hydroxylation is 2. The van der Waals surface area contributed by atoms with Gasteiger partial charge in [-0.2, -0.15) is 5.10 Å². The van der Waals surface area contributed by atoms with Crippen molar-refractivity contribution in [3.63, 3.8) is 0 Å². The number of rotatable bonds is 4. The van der Waals surface area contributed by atoms with Crippen molar-refractivity contribution in [1.82, 2.24) is 19.9 Å². The maximum Gasteiger partial charge on any atom is 0.439 e. The van der Waals surface area contributed by atoms with E-state index in [1.165, 1.54) is 0 Å². The minimum absolute atomic E-state index is 0.329. The molecule has 8 heteroatoms. The highest BCUT2D eigenvalue weighted by molar-refractivity contribution is 6.32. The Morgan fingerprint density at radius 1 is 1.33 bits per heavy atom. The molecule has 0 radical (unpaired) electrons. The van der Waals surface area contributed by atoms with Gasteiger partial charge in [0, 0.05) is 12.6 Å². The second-order valence-corrected chi connectivity index (χ2v) is 5.65. The molecular formula is C16H15ClN4O3. The molecule has 1 aromatic carbocycles. The van der Waals surface area contributed by atoms with Gasteiger partial charge in [-0.1, -0.05) is 28.9 Å². The van der Waals surface area contributed by atoms with Gasteiger partial charge in [0.05, 0.1) is 10.7 Å². The summed E-state index contributed by atoms with van der Waals surface area (Å²) in [6, 6.07) is 5.35. The van der Waals surface area contributed by atoms with Crippen LogP contribution in [0.25, 0.3) is 12.2 Å². The lowest BCUT2D eigenvalue weighted by Crippen LogP contribution is -1.96. The van der Waals surface area contributed by atoms with E-state index in [2.05, 4.69) is 19.8 Å². The van der Waals surface area contributed by atoms with Crippen molar-refractivity contribution in [3.8, 4) is 11.6 Å². The number of hydrogen-bond acceptors (Lipinski definition) is 5. The third kappa shape index (κ3) is 3.26. The summed E-state index contributed by atoms with van der Waals surface area (Å²) in [5, 5.41) is 8.37. The maximum absolute atomic E-state index is 10.9. The standard InChI is InChI=1S/C16H15ClN4O3/c1-9-10(2)19-21(3)15(9)23-13-8-11(4-6-12(13)17)5-7-14-18-16(22)24-20-14/h4-8H,1-3H3,(H,18,20,22). The van der Waals surface area contributed by atoms with E-state index in [1.54, 1.807) is 29.0 Å². The monoisotopic (exact) mass is 346 g/mol. The zero-order valence-electron chi connectivity index (χ0n) is 13.3. The van der Waals surface area contributed by atoms with E-state index in [4.69, 9.17) is 16.3 Å². The van der Waals surface area contributed by atoms with Crippen LogP contribution in [-0.4, -0.2) is 19.9 Å². The molecule has 0 unspecified atom stereocenters. The molecule has 0 aliphatic rings. The average molecular weight is 347 g/mol. The molecule has 0 spiro atoms. The maximum atomic E-state index is 10.9. The highest BCUT2D eigenvalue weighted by Crippen LogP contribution is 2.32. The number of aromatic nitrogens is 4. The molecule has 0 saturated carbocycles. The molecule has 1 N–H and O–H groups in total. The fraction of sp³-hybridized carbons (Fsp3) is 0.188. The predicted octanol–water partition coefficient (Wildman–Crippen LogP) is 3.33. The zero-order valence-corrected chi connectivity index (χ0v) is 14.1. The van der Waals surface area contributed by atoms with E-state index in [9.17, 15) is 4.79 Å². The SMILES string of the molecule is Cc1nn(C)c(Oc2cc(C=Cc3noc(=O)[nH]3)ccc2Cl)c1C. The van der Waals surface area contributed by atoms with E-state index in [1.807, 2.05) is 27.0 Å². The minimum Gasteiger partial charge on any atom is -0.437 e. The summed E-state index contributed by atoms with van der Waals surface area (Å²) >= 11 is 6.22. The van der Waals surface area contributed by atoms with Crippen LogP contribution in [0.15, 0.2) is 27.5 Å². The normalized spacial score (nSPS) is 11.3. The first-order chi connectivity index (χ1) is 11.4. The number of H-pyrrole nitrogens is 1. The number of aromatic amines is 1. The molecule has 0 aliphatic heterocycles. The summed E-state index contributed by atoms with van der Waals surface area (Å²) in [7, 11) is 1.81. The van der Waals surface area contributed by atoms with Crippen LogP contribution in [0.1, 0.15) is 22.6 Å². The molecule has 0 saturated heterocycles. The van der Waals surface area contributed by atoms with Crippen molar-refractivity contribution in [2.24, 2.45) is 7.05 Å². The third-order valence-electron chi connectivity index (χ3n) is 3.51. The highest BCUT2D eigenvalue weighted by Gasteiger charge is 2.13. The van der Waals surface area contributed by atoms with Crippen LogP contribution in [-0.2, 0) is 7.05 Å². The summed E-state index contributed by atoms with van der Waals surface area (Å²) in [4.78, 5) is 13.3. The predicted molar refractivity (Wildman–Crippen MR) is 90.3 cm³/mol. The van der Waals surface area contributed by atoms with Crippen LogP contribution in [0.2, 0.25) is 5.02 Å². The Balaban J connectivity index is 1.89. The van der Waals surface area contributed by atoms with E-state index >= 15 is 0 Å². The van der Waals surface area contributed by atoms with Crippen molar-refractivity contribution in [3.05, 3.63) is 56.4 Å². The van der Waals surface area contributed by atoms with Gasteiger partial charge in [0.25, 0.3) is 0 Å². The number of nitrogens with one attached hydrogen (secondary N) is 1. The molecule has 7 nitrogen and oxygen atoms in total. The Hall–Kier alpha value is -2.80. The van der Waals surface area contributed by atoms with E-state index in [0.29, 0.717) is 22.5 Å². The lowest BCUT2D eigenvalue weighted by atomic mass is 10.2. The van der Waals surface area contributed by atoms with Crippen molar-refractivity contribution >= 4 is 23.8 Å². The fourth-order valence-corrected chi connectivity index (χ4v) is 2.34. The van der Waals surface area contributed by atoms with Crippen LogP contribution in [0.3, 0.4) is 0 Å². The second kappa shape index (κ2) is 6.37. The molecule has 24 heavy (non-hydrogen) atoms. The Morgan fingerprint density at radius 3 is 2.75 bits per heavy atom. The van der Waals surface area contributed by atoms with E-state index in [-0.39, 0.29) is 0 Å². The molecule has 0 amide bonds. The largest absolute Gasteiger partial charge is 0.439 e. The van der Waals surface area contributed by atoms with Gasteiger partial charge in [0.15, 0.2) is 5.82 Å². The summed E-state index contributed by atoms with van der Waals surface area (Å²) in [5.74, 6) is 0.877. The number of benzene rings is 1. The van der Waals surface area contributed by atoms with Gasteiger partial charge in [0.2, 0.25) is 5.88 Å². The topological polar surface area (TPSA) is 85.9 Å². The number of hydrogen-bond donors (Lipinski definition) is 1. The summed E-state index contributed by atoms with van der Waals surface area (Å²) in [6.45, 7) is 3.86. The molecule has 0 fully saturated rings. The van der Waals surface area contributed by atoms with Gasteiger partial charge in [-0.05, 0) is 37.6 Å². The second-order valence-electron chi connectivity index (χ2n) is 5.24. The molecule has 124 valence electrons. The number of nitrogens with zero attached hydrogens (tertiary/aromatic N) is 3. The average Bonchev–Trinajstić information content (AvgIpc) is 3.06. The van der Waals surface area contributed by atoms with Gasteiger partial charge >= 0.3 is 5.76 Å². The van der Waals surface area contributed by atoms with Gasteiger partial charge in [-0.3, -0.25) is 9.51 Å². The highest BCUT2D eigenvalue weighted by atomic mass is 35.5. The van der Waals surface area contributed by atoms with Gasteiger partial charge in [0.1, 0.15) is 5.75 Å². The minimum atomic E-state index is -0.600. The molecule has 2 heterocycles. The Morgan fingerprint density at radius 2 is 2.12 bits per heavy atom. The molecule has 3 aromatic rings. The van der Waals surface area contributed by atoms with Crippen molar-refractivity contribution in [1.29, 1.82) is 0 Å². The molecule has 2 aromatic heterocycles. The van der Waals surface area contributed by atoms with Crippen molar-refractivity contribution < 1.29 is 9.26 Å². The van der Waals surface area contributed by atoms with Gasteiger partial charge in [-0.25, -0.2) is 9.48 Å². The lowest BCUT2D eigenvalue weighted by Gasteiger charge is -2.09. The summed E-state index contributed by atoms with van der Waals surface area (Å²) in [5.41, 5.74) is 2.68. The molecule has 3 rings (SSSR count). The molecular weight excluding hydrogens is 332 g/mol. The number of halogens is 1. The van der Waals surface area contributed by atoms with Crippen LogP contribution in [0.4, 0.5) is 0 Å². The quantitative estimate of drug-likeness (QED) is 0.783. The van der Waals surface area contributed by atoms with Crippen LogP contribution in [0.5, 0.6) is 11.6 Å². The smallest absolute Gasteiger partial charge is 0.437 e. The summed E-state index contributed by atoms with van der Waals surface area (Å²) < 4.78 is 12.0. The summed E-state index contributed by atoms with van der Waals surface area (Å²) in [6.07, 6.45) is 3.38. The van der Waals surface area contributed by atoms with E-state index < -0.39 is 5.76 Å². The zero-order chi connectivity index (χ0) is 17.3. The van der Waals surface area contributed by atoms with Crippen LogP contribution in [0, 0.1) is 13.8 Å². The Bertz CT molecular complexity index is 968. The van der Waals surface area contributed by atoms with Crippen LogP contribution >= 0.6 is 11.6 Å². The first-order valence-electron chi connectivity index (χ1n) is 7.15. The Kier molecular flexibility index (Phi) is 4.26. The lowest BCUT2D eigenvalue weighted by molar-refractivity contribution is 0.385. The first kappa shape index (κ1) is 16.1. The van der Waals surface area contributed by atoms with Crippen molar-refractivity contribution in [2.45, 2.75) is 13.8 Å². The Labute approximate surface area is 142 Å². The van der Waals surface area contributed by atoms with Gasteiger partial charge in [-0.15, -0.1) is 0 Å². The van der Waals surface area contributed by atoms with Crippen molar-refractivity contribution in [2.75, 3.05) is 0 Å². The fourth-order valence-electron chi connectivity index (χ4n) is 2.18. The van der Waals surface area contributed by atoms with Crippen LogP contribution < -0.4 is 10.5 Å². The molecule has 0 bridgehead atoms. The third-order valence-corrected chi connectivity index (χ3v) is 3.82. The molecule has 0 atom stereocenters. The van der Waals surface area contributed by atoms with Gasteiger partial charge < -0.3 is 4.74 Å². The molecule has 0 aliphatic carbocycles. The number of ether oxygens (including phenoxy) is 1.